The zero-order valence-electron chi connectivity index (χ0n) is 16.9. The van der Waals surface area contributed by atoms with Gasteiger partial charge in [-0.25, -0.2) is 4.98 Å². The van der Waals surface area contributed by atoms with Crippen molar-refractivity contribution in [2.75, 3.05) is 43.9 Å². The molecule has 7 nitrogen and oxygen atoms in total. The fourth-order valence-electron chi connectivity index (χ4n) is 4.00. The summed E-state index contributed by atoms with van der Waals surface area (Å²) in [6.07, 6.45) is 3.51. The van der Waals surface area contributed by atoms with Gasteiger partial charge in [0.25, 0.3) is 0 Å². The van der Waals surface area contributed by atoms with E-state index < -0.39 is 0 Å². The summed E-state index contributed by atoms with van der Waals surface area (Å²) in [6.45, 7) is 4.16. The minimum Gasteiger partial charge on any atom is -0.507 e. The monoisotopic (exact) mass is 400 g/mol. The molecule has 2 aromatic heterocycles. The first kappa shape index (κ1) is 18.4. The van der Waals surface area contributed by atoms with Crippen LogP contribution in [-0.4, -0.2) is 57.8 Å². The highest BCUT2D eigenvalue weighted by Gasteiger charge is 2.18. The number of hydrogen-bond acceptors (Lipinski definition) is 6. The molecule has 30 heavy (non-hydrogen) atoms. The highest BCUT2D eigenvalue weighted by Crippen LogP contribution is 2.34. The topological polar surface area (TPSA) is 82.9 Å². The lowest BCUT2D eigenvalue weighted by Gasteiger charge is -2.34. The molecule has 0 unspecified atom stereocenters. The Morgan fingerprint density at radius 1 is 0.900 bits per heavy atom. The van der Waals surface area contributed by atoms with E-state index in [1.165, 1.54) is 5.69 Å². The summed E-state index contributed by atoms with van der Waals surface area (Å²) in [5.41, 5.74) is 11.6. The normalized spacial score (nSPS) is 15.0. The molecule has 1 aliphatic rings. The summed E-state index contributed by atoms with van der Waals surface area (Å²) in [6, 6.07) is 15.6. The molecule has 1 aliphatic heterocycles. The van der Waals surface area contributed by atoms with E-state index in [4.69, 9.17) is 5.73 Å². The van der Waals surface area contributed by atoms with Crippen molar-refractivity contribution < 1.29 is 5.11 Å². The molecular weight excluding hydrogens is 376 g/mol. The van der Waals surface area contributed by atoms with E-state index in [9.17, 15) is 5.11 Å². The van der Waals surface area contributed by atoms with Gasteiger partial charge in [0, 0.05) is 54.8 Å². The lowest BCUT2D eigenvalue weighted by Crippen LogP contribution is -2.44. The van der Waals surface area contributed by atoms with E-state index in [1.54, 1.807) is 29.0 Å². The van der Waals surface area contributed by atoms with E-state index in [0.717, 1.165) is 37.3 Å². The molecule has 1 saturated heterocycles. The van der Waals surface area contributed by atoms with Crippen molar-refractivity contribution in [1.29, 1.82) is 0 Å². The van der Waals surface area contributed by atoms with Gasteiger partial charge >= 0.3 is 0 Å². The second kappa shape index (κ2) is 7.35. The Morgan fingerprint density at radius 2 is 1.70 bits per heavy atom. The van der Waals surface area contributed by atoms with Crippen molar-refractivity contribution in [3.8, 4) is 28.0 Å². The quantitative estimate of drug-likeness (QED) is 0.550. The van der Waals surface area contributed by atoms with Gasteiger partial charge in [0.15, 0.2) is 5.65 Å². The fourth-order valence-corrected chi connectivity index (χ4v) is 4.00. The predicted octanol–water partition coefficient (Wildman–Crippen LogP) is 3.10. The SMILES string of the molecule is CN1CCN(c2cccc(-c3cnn4c(N)c(-c5ccccc5O)cnc34)c2)CC1. The van der Waals surface area contributed by atoms with Gasteiger partial charge in [0.1, 0.15) is 11.6 Å². The molecule has 0 saturated carbocycles. The number of nitrogens with two attached hydrogens (primary N) is 1. The number of aromatic nitrogens is 3. The van der Waals surface area contributed by atoms with Crippen molar-refractivity contribution >= 4 is 17.2 Å². The Morgan fingerprint density at radius 3 is 2.50 bits per heavy atom. The van der Waals surface area contributed by atoms with Crippen LogP contribution < -0.4 is 10.6 Å². The van der Waals surface area contributed by atoms with Crippen LogP contribution in [0.4, 0.5) is 11.5 Å². The van der Waals surface area contributed by atoms with Gasteiger partial charge in [-0.3, -0.25) is 0 Å². The van der Waals surface area contributed by atoms with Crippen LogP contribution in [0.2, 0.25) is 0 Å². The number of phenolic OH excluding ortho intramolecular Hbond substituents is 1. The highest BCUT2D eigenvalue weighted by molar-refractivity contribution is 5.84. The van der Waals surface area contributed by atoms with Crippen LogP contribution in [-0.2, 0) is 0 Å². The molecule has 0 bridgehead atoms. The highest BCUT2D eigenvalue weighted by atomic mass is 16.3. The molecule has 0 spiro atoms. The minimum atomic E-state index is 0.164. The molecule has 152 valence electrons. The zero-order chi connectivity index (χ0) is 20.7. The Kier molecular flexibility index (Phi) is 4.52. The fraction of sp³-hybridized carbons (Fsp3) is 0.217. The lowest BCUT2D eigenvalue weighted by molar-refractivity contribution is 0.313. The Labute approximate surface area is 175 Å². The third-order valence-corrected chi connectivity index (χ3v) is 5.78. The molecule has 0 amide bonds. The van der Waals surface area contributed by atoms with Crippen LogP contribution in [0.25, 0.3) is 27.9 Å². The maximum Gasteiger partial charge on any atom is 0.165 e. The van der Waals surface area contributed by atoms with Gasteiger partial charge < -0.3 is 20.6 Å². The van der Waals surface area contributed by atoms with Gasteiger partial charge in [0.2, 0.25) is 0 Å². The van der Waals surface area contributed by atoms with Crippen molar-refractivity contribution in [3.05, 3.63) is 60.9 Å². The van der Waals surface area contributed by atoms with E-state index in [0.29, 0.717) is 22.6 Å². The van der Waals surface area contributed by atoms with Gasteiger partial charge in [-0.2, -0.15) is 9.61 Å². The van der Waals surface area contributed by atoms with Crippen LogP contribution in [0.3, 0.4) is 0 Å². The summed E-state index contributed by atoms with van der Waals surface area (Å²) in [5, 5.41) is 14.7. The molecule has 3 heterocycles. The number of fused-ring (bicyclic) bond motifs is 1. The van der Waals surface area contributed by atoms with Crippen LogP contribution in [0.5, 0.6) is 5.75 Å². The van der Waals surface area contributed by atoms with Crippen LogP contribution >= 0.6 is 0 Å². The molecule has 7 heteroatoms. The molecule has 2 aromatic carbocycles. The van der Waals surface area contributed by atoms with Gasteiger partial charge in [-0.05, 0) is 30.8 Å². The first-order valence-corrected chi connectivity index (χ1v) is 10.1. The first-order valence-electron chi connectivity index (χ1n) is 10.1. The summed E-state index contributed by atoms with van der Waals surface area (Å²) < 4.78 is 1.64. The smallest absolute Gasteiger partial charge is 0.165 e. The molecule has 0 aliphatic carbocycles. The number of nitrogens with zero attached hydrogens (tertiary/aromatic N) is 5. The van der Waals surface area contributed by atoms with Crippen molar-refractivity contribution in [3.63, 3.8) is 0 Å². The molecule has 1 fully saturated rings. The van der Waals surface area contributed by atoms with Gasteiger partial charge in [0.05, 0.1) is 6.20 Å². The van der Waals surface area contributed by atoms with E-state index in [-0.39, 0.29) is 5.75 Å². The largest absolute Gasteiger partial charge is 0.507 e. The predicted molar refractivity (Wildman–Crippen MR) is 120 cm³/mol. The first-order chi connectivity index (χ1) is 14.6. The standard InChI is InChI=1S/C23H24N6O/c1-27-9-11-28(12-10-27)17-6-4-5-16(13-17)19-15-26-29-22(24)20(14-25-23(19)29)18-7-2-3-8-21(18)30/h2-8,13-15,30H,9-12,24H2,1H3. The minimum absolute atomic E-state index is 0.164. The number of hydrogen-bond donors (Lipinski definition) is 2. The maximum absolute atomic E-state index is 10.2. The van der Waals surface area contributed by atoms with Crippen LogP contribution in [0.15, 0.2) is 60.9 Å². The molecule has 0 radical (unpaired) electrons. The summed E-state index contributed by atoms with van der Waals surface area (Å²) in [7, 11) is 2.16. The maximum atomic E-state index is 10.2. The van der Waals surface area contributed by atoms with Crippen LogP contribution in [0, 0.1) is 0 Å². The van der Waals surface area contributed by atoms with Gasteiger partial charge in [-0.15, -0.1) is 0 Å². The Hall–Kier alpha value is -3.58. The van der Waals surface area contributed by atoms with Crippen LogP contribution in [0.1, 0.15) is 0 Å². The lowest BCUT2D eigenvalue weighted by atomic mass is 10.1. The summed E-state index contributed by atoms with van der Waals surface area (Å²) in [4.78, 5) is 9.39. The molecular formula is C23H24N6O. The molecule has 4 aromatic rings. The number of anilines is 2. The van der Waals surface area contributed by atoms with E-state index >= 15 is 0 Å². The average Bonchev–Trinajstić information content (AvgIpc) is 3.20. The average molecular weight is 400 g/mol. The van der Waals surface area contributed by atoms with Crippen molar-refractivity contribution in [2.24, 2.45) is 0 Å². The van der Waals surface area contributed by atoms with Crippen molar-refractivity contribution in [2.45, 2.75) is 0 Å². The second-order valence-electron chi connectivity index (χ2n) is 7.71. The number of likely N-dealkylation sites (N-methyl/N-ethyl adjacent to an activating group) is 1. The third kappa shape index (κ3) is 3.13. The number of aromatic hydroxyl groups is 1. The molecule has 3 N–H and O–H groups in total. The molecule has 5 rings (SSSR count). The molecule has 0 atom stereocenters. The number of phenols is 1. The number of para-hydroxylation sites is 1. The zero-order valence-corrected chi connectivity index (χ0v) is 16.9. The van der Waals surface area contributed by atoms with Crippen molar-refractivity contribution in [1.82, 2.24) is 19.5 Å². The summed E-state index contributed by atoms with van der Waals surface area (Å²) >= 11 is 0. The Bertz CT molecular complexity index is 1210. The van der Waals surface area contributed by atoms with E-state index in [1.807, 2.05) is 12.1 Å². The van der Waals surface area contributed by atoms with Gasteiger partial charge in [-0.1, -0.05) is 30.3 Å². The van der Waals surface area contributed by atoms with E-state index in [2.05, 4.69) is 51.2 Å². The number of piperazine rings is 1. The number of benzene rings is 2. The third-order valence-electron chi connectivity index (χ3n) is 5.78. The number of rotatable bonds is 3. The Balaban J connectivity index is 1.54. The summed E-state index contributed by atoms with van der Waals surface area (Å²) in [5.74, 6) is 0.612. The number of nitrogen functional groups attached to an aromatic ring is 1. The second-order valence-corrected chi connectivity index (χ2v) is 7.71.